The third-order valence-corrected chi connectivity index (χ3v) is 5.47. The van der Waals surface area contributed by atoms with Gasteiger partial charge in [0, 0.05) is 28.3 Å². The number of carboxylic acid groups (broad SMARTS) is 1. The Kier molecular flexibility index (Phi) is 7.21. The number of benzene rings is 2. The monoisotopic (exact) mass is 462 g/mol. The second-order valence-corrected chi connectivity index (χ2v) is 7.80. The molecule has 1 saturated heterocycles. The molecular formula is C19H15ClN4O6S. The summed E-state index contributed by atoms with van der Waals surface area (Å²) in [4.78, 5) is 33.1. The van der Waals surface area contributed by atoms with E-state index in [1.165, 1.54) is 24.4 Å². The zero-order valence-corrected chi connectivity index (χ0v) is 17.3. The third-order valence-electron chi connectivity index (χ3n) is 4.03. The molecule has 1 heterocycles. The summed E-state index contributed by atoms with van der Waals surface area (Å²) in [6.45, 7) is 0.135. The normalized spacial score (nSPS) is 17.1. The van der Waals surface area contributed by atoms with Gasteiger partial charge >= 0.3 is 5.97 Å². The van der Waals surface area contributed by atoms with E-state index in [4.69, 9.17) is 21.4 Å². The molecule has 0 aliphatic carbocycles. The summed E-state index contributed by atoms with van der Waals surface area (Å²) in [5.41, 5.74) is 0.867. The van der Waals surface area contributed by atoms with Crippen LogP contribution in [0.25, 0.3) is 0 Å². The standard InChI is InChI=1S/C19H15ClN4O6S/c20-14-4-2-1-3-11(14)10-30-15-6-5-13(24(28)29)7-12(15)9-21-23-19-22-18(27)16(31-19)8-17(25)26/h1-7,9,16H,8,10H2,(H,25,26)(H,22,23,27)/b21-9-/t16-/m1/s1. The lowest BCUT2D eigenvalue weighted by molar-refractivity contribution is -0.384. The van der Waals surface area contributed by atoms with Crippen LogP contribution in [0.5, 0.6) is 5.75 Å². The van der Waals surface area contributed by atoms with Gasteiger partial charge in [0.2, 0.25) is 5.91 Å². The quantitative estimate of drug-likeness (QED) is 0.348. The molecule has 3 rings (SSSR count). The number of aliphatic carboxylic acids is 1. The molecule has 12 heteroatoms. The van der Waals surface area contributed by atoms with Gasteiger partial charge < -0.3 is 15.2 Å². The van der Waals surface area contributed by atoms with Crippen molar-refractivity contribution in [3.05, 3.63) is 68.7 Å². The smallest absolute Gasteiger partial charge is 0.305 e. The Balaban J connectivity index is 1.77. The SMILES string of the molecule is O=C(O)C[C@H]1S/C(=N\N=C/c2cc([N+](=O)[O-])ccc2OCc2ccccc2Cl)NC1=O. The van der Waals surface area contributed by atoms with Crippen LogP contribution in [-0.2, 0) is 16.2 Å². The van der Waals surface area contributed by atoms with Gasteiger partial charge in [-0.1, -0.05) is 41.6 Å². The van der Waals surface area contributed by atoms with Crippen molar-refractivity contribution in [3.8, 4) is 5.75 Å². The maximum Gasteiger partial charge on any atom is 0.305 e. The predicted octanol–water partition coefficient (Wildman–Crippen LogP) is 3.22. The molecule has 2 aromatic rings. The Bertz CT molecular complexity index is 1090. The Labute approximate surface area is 185 Å². The van der Waals surface area contributed by atoms with E-state index >= 15 is 0 Å². The van der Waals surface area contributed by atoms with E-state index in [-0.39, 0.29) is 23.9 Å². The molecule has 0 radical (unpaired) electrons. The van der Waals surface area contributed by atoms with Crippen molar-refractivity contribution in [2.75, 3.05) is 0 Å². The average Bonchev–Trinajstić information content (AvgIpc) is 3.06. The molecular weight excluding hydrogens is 448 g/mol. The van der Waals surface area contributed by atoms with Crippen LogP contribution in [0.4, 0.5) is 5.69 Å². The fraction of sp³-hybridized carbons (Fsp3) is 0.158. The molecule has 0 unspecified atom stereocenters. The van der Waals surface area contributed by atoms with Gasteiger partial charge in [-0.05, 0) is 12.1 Å². The average molecular weight is 463 g/mol. The highest BCUT2D eigenvalue weighted by atomic mass is 35.5. The van der Waals surface area contributed by atoms with Crippen LogP contribution in [-0.4, -0.2) is 38.5 Å². The van der Waals surface area contributed by atoms with Gasteiger partial charge in [-0.3, -0.25) is 19.7 Å². The van der Waals surface area contributed by atoms with E-state index < -0.39 is 22.0 Å². The summed E-state index contributed by atoms with van der Waals surface area (Å²) in [6.07, 6.45) is 0.906. The number of carbonyl (C=O) groups excluding carboxylic acids is 1. The number of ether oxygens (including phenoxy) is 1. The molecule has 10 nitrogen and oxygen atoms in total. The molecule has 2 aromatic carbocycles. The molecule has 160 valence electrons. The van der Waals surface area contributed by atoms with Crippen molar-refractivity contribution in [1.82, 2.24) is 5.32 Å². The fourth-order valence-corrected chi connectivity index (χ4v) is 3.65. The number of non-ortho nitro benzene ring substituents is 1. The molecule has 1 fully saturated rings. The largest absolute Gasteiger partial charge is 0.488 e. The van der Waals surface area contributed by atoms with Crippen molar-refractivity contribution < 1.29 is 24.4 Å². The summed E-state index contributed by atoms with van der Waals surface area (Å²) in [7, 11) is 0. The Hall–Kier alpha value is -3.44. The second kappa shape index (κ2) is 10.0. The number of hydrogen-bond acceptors (Lipinski definition) is 8. The highest BCUT2D eigenvalue weighted by molar-refractivity contribution is 8.15. The molecule has 2 N–H and O–H groups in total. The van der Waals surface area contributed by atoms with Gasteiger partial charge in [-0.2, -0.15) is 5.10 Å². The number of rotatable bonds is 8. The van der Waals surface area contributed by atoms with Crippen molar-refractivity contribution in [3.63, 3.8) is 0 Å². The molecule has 0 saturated carbocycles. The van der Waals surface area contributed by atoms with Gasteiger partial charge in [-0.15, -0.1) is 5.10 Å². The van der Waals surface area contributed by atoms with Crippen LogP contribution in [0.3, 0.4) is 0 Å². The Morgan fingerprint density at radius 3 is 2.84 bits per heavy atom. The van der Waals surface area contributed by atoms with E-state index in [9.17, 15) is 19.7 Å². The van der Waals surface area contributed by atoms with E-state index in [0.29, 0.717) is 16.3 Å². The summed E-state index contributed by atoms with van der Waals surface area (Å²) >= 11 is 7.07. The van der Waals surface area contributed by atoms with Crippen molar-refractivity contribution in [1.29, 1.82) is 0 Å². The number of amidine groups is 1. The van der Waals surface area contributed by atoms with Crippen LogP contribution < -0.4 is 10.1 Å². The number of carboxylic acids is 1. The van der Waals surface area contributed by atoms with Crippen LogP contribution >= 0.6 is 23.4 Å². The molecule has 31 heavy (non-hydrogen) atoms. The summed E-state index contributed by atoms with van der Waals surface area (Å²) in [6, 6.07) is 11.1. The number of nitro groups is 1. The molecule has 1 amide bonds. The summed E-state index contributed by atoms with van der Waals surface area (Å²) in [5, 5.41) is 29.9. The van der Waals surface area contributed by atoms with Crippen LogP contribution in [0.2, 0.25) is 5.02 Å². The highest BCUT2D eigenvalue weighted by Gasteiger charge is 2.32. The minimum atomic E-state index is -1.10. The molecule has 0 spiro atoms. The van der Waals surface area contributed by atoms with Crippen molar-refractivity contribution in [2.45, 2.75) is 18.3 Å². The Morgan fingerprint density at radius 1 is 1.35 bits per heavy atom. The predicted molar refractivity (Wildman–Crippen MR) is 116 cm³/mol. The number of nitrogens with one attached hydrogen (secondary N) is 1. The topological polar surface area (TPSA) is 143 Å². The summed E-state index contributed by atoms with van der Waals surface area (Å²) in [5.74, 6) is -1.25. The van der Waals surface area contributed by atoms with Crippen molar-refractivity contribution >= 4 is 52.3 Å². The van der Waals surface area contributed by atoms with Crippen LogP contribution in [0.15, 0.2) is 52.7 Å². The highest BCUT2D eigenvalue weighted by Crippen LogP contribution is 2.26. The third kappa shape index (κ3) is 6.03. The zero-order valence-electron chi connectivity index (χ0n) is 15.7. The van der Waals surface area contributed by atoms with Crippen molar-refractivity contribution in [2.24, 2.45) is 10.2 Å². The lowest BCUT2D eigenvalue weighted by Gasteiger charge is -2.10. The minimum absolute atomic E-state index is 0.135. The number of nitro benzene ring substituents is 1. The molecule has 0 aromatic heterocycles. The number of amides is 1. The number of carbonyl (C=O) groups is 2. The lowest BCUT2D eigenvalue weighted by Crippen LogP contribution is -2.26. The lowest BCUT2D eigenvalue weighted by atomic mass is 10.2. The first-order valence-electron chi connectivity index (χ1n) is 8.78. The van der Waals surface area contributed by atoms with Gasteiger partial charge in [-0.25, -0.2) is 0 Å². The first-order valence-corrected chi connectivity index (χ1v) is 10.0. The fourth-order valence-electron chi connectivity index (χ4n) is 2.54. The van der Waals surface area contributed by atoms with E-state index in [0.717, 1.165) is 17.3 Å². The van der Waals surface area contributed by atoms with E-state index in [1.807, 2.05) is 6.07 Å². The van der Waals surface area contributed by atoms with Gasteiger partial charge in [0.25, 0.3) is 5.69 Å². The maximum atomic E-state index is 11.7. The zero-order chi connectivity index (χ0) is 22.4. The van der Waals surface area contributed by atoms with Gasteiger partial charge in [0.15, 0.2) is 5.17 Å². The minimum Gasteiger partial charge on any atom is -0.488 e. The first kappa shape index (κ1) is 22.2. The Morgan fingerprint density at radius 2 is 2.13 bits per heavy atom. The maximum absolute atomic E-state index is 11.7. The van der Waals surface area contributed by atoms with Gasteiger partial charge in [0.1, 0.15) is 17.6 Å². The molecule has 1 aliphatic heterocycles. The van der Waals surface area contributed by atoms with Gasteiger partial charge in [0.05, 0.1) is 17.6 Å². The molecule has 0 bridgehead atoms. The molecule has 1 atom stereocenters. The van der Waals surface area contributed by atoms with Crippen LogP contribution in [0.1, 0.15) is 17.5 Å². The van der Waals surface area contributed by atoms with E-state index in [2.05, 4.69) is 15.5 Å². The number of thioether (sulfide) groups is 1. The second-order valence-electron chi connectivity index (χ2n) is 6.20. The van der Waals surface area contributed by atoms with E-state index in [1.54, 1.807) is 18.2 Å². The number of hydrogen-bond donors (Lipinski definition) is 2. The first-order chi connectivity index (χ1) is 14.8. The van der Waals surface area contributed by atoms with Crippen LogP contribution in [0, 0.1) is 10.1 Å². The number of nitrogens with zero attached hydrogens (tertiary/aromatic N) is 3. The summed E-state index contributed by atoms with van der Waals surface area (Å²) < 4.78 is 5.75. The number of halogens is 1. The molecule has 1 aliphatic rings.